The number of hydrogen-bond acceptors (Lipinski definition) is 2. The van der Waals surface area contributed by atoms with Gasteiger partial charge in [-0.2, -0.15) is 0 Å². The highest BCUT2D eigenvalue weighted by Crippen LogP contribution is 2.14. The molecule has 1 N–H and O–H groups in total. The predicted molar refractivity (Wildman–Crippen MR) is 61.1 cm³/mol. The summed E-state index contributed by atoms with van der Waals surface area (Å²) in [5.74, 6) is -1.16. The van der Waals surface area contributed by atoms with Gasteiger partial charge in [-0.15, -0.1) is 6.58 Å². The maximum Gasteiger partial charge on any atom is 0.305 e. The van der Waals surface area contributed by atoms with Crippen LogP contribution in [0.2, 0.25) is 0 Å². The summed E-state index contributed by atoms with van der Waals surface area (Å²) in [7, 11) is 0. The van der Waals surface area contributed by atoms with Crippen molar-refractivity contribution in [3.05, 3.63) is 42.7 Å². The molecule has 1 rings (SSSR count). The third-order valence-electron chi connectivity index (χ3n) is 2.14. The molecule has 0 saturated carbocycles. The number of hydrogen-bond donors (Lipinski definition) is 1. The van der Waals surface area contributed by atoms with Gasteiger partial charge in [0.1, 0.15) is 5.82 Å². The fourth-order valence-corrected chi connectivity index (χ4v) is 1.36. The number of rotatable bonds is 6. The van der Waals surface area contributed by atoms with Crippen molar-refractivity contribution in [1.29, 1.82) is 0 Å². The topological polar surface area (TPSA) is 40.5 Å². The lowest BCUT2D eigenvalue weighted by Gasteiger charge is -2.22. The molecule has 0 spiro atoms. The fourth-order valence-electron chi connectivity index (χ4n) is 1.36. The minimum Gasteiger partial charge on any atom is -0.481 e. The first-order valence-electron chi connectivity index (χ1n) is 4.96. The van der Waals surface area contributed by atoms with Crippen molar-refractivity contribution >= 4 is 11.7 Å². The van der Waals surface area contributed by atoms with Crippen molar-refractivity contribution in [3.8, 4) is 0 Å². The van der Waals surface area contributed by atoms with E-state index in [1.54, 1.807) is 18.2 Å². The Balaban J connectivity index is 2.72. The summed E-state index contributed by atoms with van der Waals surface area (Å²) in [6.07, 6.45) is 1.73. The van der Waals surface area contributed by atoms with E-state index in [0.29, 0.717) is 13.1 Å². The van der Waals surface area contributed by atoms with E-state index in [0.717, 1.165) is 5.69 Å². The van der Waals surface area contributed by atoms with E-state index in [-0.39, 0.29) is 12.2 Å². The first-order chi connectivity index (χ1) is 7.63. The molecule has 0 unspecified atom stereocenters. The van der Waals surface area contributed by atoms with E-state index in [4.69, 9.17) is 5.11 Å². The second kappa shape index (κ2) is 5.90. The van der Waals surface area contributed by atoms with Crippen molar-refractivity contribution in [2.75, 3.05) is 18.0 Å². The fraction of sp³-hybridized carbons (Fsp3) is 0.250. The summed E-state index contributed by atoms with van der Waals surface area (Å²) in [5.41, 5.74) is 0.794. The number of anilines is 1. The summed E-state index contributed by atoms with van der Waals surface area (Å²) in [6.45, 7) is 4.53. The molecule has 0 amide bonds. The van der Waals surface area contributed by atoms with Crippen LogP contribution >= 0.6 is 0 Å². The largest absolute Gasteiger partial charge is 0.481 e. The van der Waals surface area contributed by atoms with Gasteiger partial charge in [0, 0.05) is 18.8 Å². The molecule has 0 bridgehead atoms. The Morgan fingerprint density at radius 1 is 1.44 bits per heavy atom. The first-order valence-corrected chi connectivity index (χ1v) is 4.96. The van der Waals surface area contributed by atoms with Crippen LogP contribution < -0.4 is 4.90 Å². The quantitative estimate of drug-likeness (QED) is 0.752. The molecule has 0 aliphatic heterocycles. The third kappa shape index (κ3) is 3.73. The highest BCUT2D eigenvalue weighted by Gasteiger charge is 2.07. The van der Waals surface area contributed by atoms with Gasteiger partial charge in [-0.05, 0) is 24.3 Å². The second-order valence-electron chi connectivity index (χ2n) is 3.35. The summed E-state index contributed by atoms with van der Waals surface area (Å²) >= 11 is 0. The summed E-state index contributed by atoms with van der Waals surface area (Å²) in [6, 6.07) is 5.96. The first kappa shape index (κ1) is 12.2. The van der Waals surface area contributed by atoms with Crippen LogP contribution in [-0.2, 0) is 4.79 Å². The van der Waals surface area contributed by atoms with Crippen LogP contribution in [0, 0.1) is 5.82 Å². The van der Waals surface area contributed by atoms with Gasteiger partial charge < -0.3 is 10.0 Å². The van der Waals surface area contributed by atoms with Crippen LogP contribution in [-0.4, -0.2) is 24.2 Å². The average molecular weight is 223 g/mol. The number of aliphatic carboxylic acids is 1. The standard InChI is InChI=1S/C12H14FNO2/c1-2-8-14(9-7-12(15)16)11-5-3-10(13)4-6-11/h2-6H,1,7-9H2,(H,15,16). The molecule has 0 heterocycles. The van der Waals surface area contributed by atoms with Crippen molar-refractivity contribution in [2.24, 2.45) is 0 Å². The molecule has 16 heavy (non-hydrogen) atoms. The highest BCUT2D eigenvalue weighted by molar-refractivity contribution is 5.67. The van der Waals surface area contributed by atoms with E-state index in [1.165, 1.54) is 12.1 Å². The smallest absolute Gasteiger partial charge is 0.305 e. The number of benzene rings is 1. The van der Waals surface area contributed by atoms with Crippen molar-refractivity contribution < 1.29 is 14.3 Å². The highest BCUT2D eigenvalue weighted by atomic mass is 19.1. The number of carboxylic acid groups (broad SMARTS) is 1. The molecular weight excluding hydrogens is 209 g/mol. The Kier molecular flexibility index (Phi) is 4.51. The SMILES string of the molecule is C=CCN(CCC(=O)O)c1ccc(F)cc1. The zero-order valence-electron chi connectivity index (χ0n) is 8.90. The van der Waals surface area contributed by atoms with Crippen LogP contribution in [0.4, 0.5) is 10.1 Å². The third-order valence-corrected chi connectivity index (χ3v) is 2.14. The maximum atomic E-state index is 12.7. The predicted octanol–water partition coefficient (Wildman–Crippen LogP) is 2.29. The minimum atomic E-state index is -0.851. The minimum absolute atomic E-state index is 0.0468. The number of nitrogens with zero attached hydrogens (tertiary/aromatic N) is 1. The molecule has 0 aliphatic carbocycles. The van der Waals surface area contributed by atoms with E-state index in [1.807, 2.05) is 4.90 Å². The molecule has 0 radical (unpaired) electrons. The molecule has 4 heteroatoms. The van der Waals surface area contributed by atoms with E-state index in [9.17, 15) is 9.18 Å². The summed E-state index contributed by atoms with van der Waals surface area (Å²) in [4.78, 5) is 12.3. The maximum absolute atomic E-state index is 12.7. The summed E-state index contributed by atoms with van der Waals surface area (Å²) in [5, 5.41) is 8.61. The molecule has 0 aromatic heterocycles. The van der Waals surface area contributed by atoms with E-state index < -0.39 is 5.97 Å². The molecule has 0 aliphatic rings. The molecule has 1 aromatic carbocycles. The van der Waals surface area contributed by atoms with Gasteiger partial charge in [0.2, 0.25) is 0 Å². The van der Waals surface area contributed by atoms with Gasteiger partial charge >= 0.3 is 5.97 Å². The molecule has 86 valence electrons. The number of carbonyl (C=O) groups is 1. The Hall–Kier alpha value is -1.84. The Bertz CT molecular complexity index is 362. The Morgan fingerprint density at radius 3 is 2.56 bits per heavy atom. The molecule has 1 aromatic rings. The van der Waals surface area contributed by atoms with Crippen LogP contribution in [0.5, 0.6) is 0 Å². The lowest BCUT2D eigenvalue weighted by atomic mass is 10.2. The van der Waals surface area contributed by atoms with E-state index >= 15 is 0 Å². The number of carboxylic acids is 1. The molecular formula is C12H14FNO2. The van der Waals surface area contributed by atoms with Gasteiger partial charge in [0.25, 0.3) is 0 Å². The van der Waals surface area contributed by atoms with Crippen molar-refractivity contribution in [1.82, 2.24) is 0 Å². The van der Waals surface area contributed by atoms with Gasteiger partial charge in [0.05, 0.1) is 6.42 Å². The second-order valence-corrected chi connectivity index (χ2v) is 3.35. The van der Waals surface area contributed by atoms with Gasteiger partial charge in [-0.1, -0.05) is 6.08 Å². The van der Waals surface area contributed by atoms with Gasteiger partial charge in [-0.3, -0.25) is 4.79 Å². The molecule has 0 saturated heterocycles. The molecule has 0 atom stereocenters. The lowest BCUT2D eigenvalue weighted by molar-refractivity contribution is -0.136. The Labute approximate surface area is 93.8 Å². The van der Waals surface area contributed by atoms with Crippen LogP contribution in [0.15, 0.2) is 36.9 Å². The van der Waals surface area contributed by atoms with Crippen LogP contribution in [0.3, 0.4) is 0 Å². The van der Waals surface area contributed by atoms with Crippen molar-refractivity contribution in [3.63, 3.8) is 0 Å². The lowest BCUT2D eigenvalue weighted by Crippen LogP contribution is -2.26. The molecule has 0 fully saturated rings. The monoisotopic (exact) mass is 223 g/mol. The van der Waals surface area contributed by atoms with E-state index in [2.05, 4.69) is 6.58 Å². The van der Waals surface area contributed by atoms with Gasteiger partial charge in [0.15, 0.2) is 0 Å². The Morgan fingerprint density at radius 2 is 2.06 bits per heavy atom. The van der Waals surface area contributed by atoms with Crippen LogP contribution in [0.1, 0.15) is 6.42 Å². The molecule has 3 nitrogen and oxygen atoms in total. The van der Waals surface area contributed by atoms with Gasteiger partial charge in [-0.25, -0.2) is 4.39 Å². The average Bonchev–Trinajstić information content (AvgIpc) is 2.25. The summed E-state index contributed by atoms with van der Waals surface area (Å²) < 4.78 is 12.7. The normalized spacial score (nSPS) is 9.81. The number of halogens is 1. The van der Waals surface area contributed by atoms with Crippen molar-refractivity contribution in [2.45, 2.75) is 6.42 Å². The zero-order chi connectivity index (χ0) is 12.0. The van der Waals surface area contributed by atoms with Crippen LogP contribution in [0.25, 0.3) is 0 Å². The zero-order valence-corrected chi connectivity index (χ0v) is 8.90.